The van der Waals surface area contributed by atoms with Gasteiger partial charge in [0, 0.05) is 35.6 Å². The Labute approximate surface area is 121 Å². The van der Waals surface area contributed by atoms with Crippen molar-refractivity contribution >= 4 is 21.6 Å². The fourth-order valence-corrected chi connectivity index (χ4v) is 2.48. The van der Waals surface area contributed by atoms with Gasteiger partial charge in [0.05, 0.1) is 18.8 Å². The van der Waals surface area contributed by atoms with Gasteiger partial charge >= 0.3 is 0 Å². The van der Waals surface area contributed by atoms with Crippen molar-refractivity contribution in [1.82, 2.24) is 9.78 Å². The number of rotatable bonds is 6. The van der Waals surface area contributed by atoms with Gasteiger partial charge in [-0.1, -0.05) is 22.0 Å². The number of halogens is 1. The van der Waals surface area contributed by atoms with Crippen molar-refractivity contribution in [3.8, 4) is 0 Å². The highest BCUT2D eigenvalue weighted by molar-refractivity contribution is 9.10. The summed E-state index contributed by atoms with van der Waals surface area (Å²) in [5, 5.41) is 7.71. The van der Waals surface area contributed by atoms with Crippen LogP contribution in [0.4, 0.5) is 5.69 Å². The maximum absolute atomic E-state index is 5.24. The van der Waals surface area contributed by atoms with E-state index in [1.807, 2.05) is 29.1 Å². The van der Waals surface area contributed by atoms with E-state index in [2.05, 4.69) is 39.3 Å². The molecule has 1 N–H and O–H groups in total. The third-order valence-corrected chi connectivity index (χ3v) is 3.71. The zero-order valence-electron chi connectivity index (χ0n) is 11.2. The second-order valence-electron chi connectivity index (χ2n) is 4.19. The maximum atomic E-state index is 5.24. The van der Waals surface area contributed by atoms with E-state index in [4.69, 9.17) is 4.74 Å². The molecule has 4 nitrogen and oxygen atoms in total. The Morgan fingerprint density at radius 3 is 2.95 bits per heavy atom. The number of aromatic nitrogens is 2. The summed E-state index contributed by atoms with van der Waals surface area (Å²) in [6.07, 6.45) is 1.83. The predicted molar refractivity (Wildman–Crippen MR) is 80.1 cm³/mol. The Hall–Kier alpha value is -1.33. The molecule has 1 heterocycles. The van der Waals surface area contributed by atoms with Gasteiger partial charge in [0.25, 0.3) is 0 Å². The lowest BCUT2D eigenvalue weighted by atomic mass is 10.2. The van der Waals surface area contributed by atoms with Crippen molar-refractivity contribution < 1.29 is 4.74 Å². The van der Waals surface area contributed by atoms with E-state index >= 15 is 0 Å². The molecule has 1 aromatic heterocycles. The summed E-state index contributed by atoms with van der Waals surface area (Å²) >= 11 is 3.56. The van der Waals surface area contributed by atoms with Gasteiger partial charge in [0.1, 0.15) is 0 Å². The van der Waals surface area contributed by atoms with Crippen molar-refractivity contribution in [2.75, 3.05) is 12.4 Å². The summed E-state index contributed by atoms with van der Waals surface area (Å²) in [5.41, 5.74) is 3.39. The second-order valence-corrected chi connectivity index (χ2v) is 5.05. The van der Waals surface area contributed by atoms with Gasteiger partial charge in [-0.25, -0.2) is 0 Å². The van der Waals surface area contributed by atoms with E-state index in [1.54, 1.807) is 7.11 Å². The minimum Gasteiger partial charge on any atom is -0.380 e. The standard InChI is InChI=1S/C14H18BrN3O/c1-3-18-11(7-8-17-18)9-16-14-6-4-5-13(15)12(14)10-19-2/h4-8,16H,3,9-10H2,1-2H3. The molecule has 2 rings (SSSR count). The van der Waals surface area contributed by atoms with Crippen LogP contribution in [0.5, 0.6) is 0 Å². The number of aryl methyl sites for hydroxylation is 1. The van der Waals surface area contributed by atoms with Crippen LogP contribution in [0.2, 0.25) is 0 Å². The minimum absolute atomic E-state index is 0.580. The molecule has 0 aliphatic heterocycles. The SMILES string of the molecule is CCn1nccc1CNc1cccc(Br)c1COC. The normalized spacial score (nSPS) is 10.7. The molecule has 0 unspecified atom stereocenters. The molecular weight excluding hydrogens is 306 g/mol. The number of hydrogen-bond donors (Lipinski definition) is 1. The van der Waals surface area contributed by atoms with E-state index in [0.29, 0.717) is 6.61 Å². The summed E-state index contributed by atoms with van der Waals surface area (Å²) in [6.45, 7) is 4.30. The molecule has 0 saturated carbocycles. The smallest absolute Gasteiger partial charge is 0.0744 e. The summed E-state index contributed by atoms with van der Waals surface area (Å²) < 4.78 is 8.29. The highest BCUT2D eigenvalue weighted by atomic mass is 79.9. The Bertz CT molecular complexity index is 539. The number of methoxy groups -OCH3 is 1. The molecule has 0 atom stereocenters. The van der Waals surface area contributed by atoms with E-state index < -0.39 is 0 Å². The highest BCUT2D eigenvalue weighted by Crippen LogP contribution is 2.25. The van der Waals surface area contributed by atoms with E-state index in [0.717, 1.165) is 28.8 Å². The summed E-state index contributed by atoms with van der Waals surface area (Å²) in [6, 6.07) is 8.13. The Kier molecular flexibility index (Phi) is 4.99. The second kappa shape index (κ2) is 6.73. The topological polar surface area (TPSA) is 39.1 Å². The third-order valence-electron chi connectivity index (χ3n) is 2.97. The van der Waals surface area contributed by atoms with Crippen LogP contribution in [-0.2, 0) is 24.4 Å². The van der Waals surface area contributed by atoms with Crippen molar-refractivity contribution in [2.45, 2.75) is 26.6 Å². The van der Waals surface area contributed by atoms with Gasteiger partial charge in [-0.15, -0.1) is 0 Å². The molecule has 0 bridgehead atoms. The molecule has 0 fully saturated rings. The zero-order valence-corrected chi connectivity index (χ0v) is 12.8. The Morgan fingerprint density at radius 2 is 2.21 bits per heavy atom. The summed E-state index contributed by atoms with van der Waals surface area (Å²) in [7, 11) is 1.70. The van der Waals surface area contributed by atoms with Crippen LogP contribution in [0.25, 0.3) is 0 Å². The molecule has 2 aromatic rings. The van der Waals surface area contributed by atoms with Crippen LogP contribution in [-0.4, -0.2) is 16.9 Å². The van der Waals surface area contributed by atoms with Crippen LogP contribution in [0.15, 0.2) is 34.9 Å². The van der Waals surface area contributed by atoms with Gasteiger partial charge < -0.3 is 10.1 Å². The maximum Gasteiger partial charge on any atom is 0.0744 e. The molecule has 0 aliphatic carbocycles. The molecule has 0 saturated heterocycles. The Morgan fingerprint density at radius 1 is 1.37 bits per heavy atom. The zero-order chi connectivity index (χ0) is 13.7. The Balaban J connectivity index is 2.13. The average Bonchev–Trinajstić information content (AvgIpc) is 2.87. The van der Waals surface area contributed by atoms with Crippen LogP contribution in [0.3, 0.4) is 0 Å². The van der Waals surface area contributed by atoms with Crippen LogP contribution < -0.4 is 5.32 Å². The molecule has 1 aromatic carbocycles. The van der Waals surface area contributed by atoms with Crippen LogP contribution in [0, 0.1) is 0 Å². The number of benzene rings is 1. The number of anilines is 1. The van der Waals surface area contributed by atoms with Gasteiger partial charge in [0.2, 0.25) is 0 Å². The molecule has 0 spiro atoms. The van der Waals surface area contributed by atoms with Crippen molar-refractivity contribution in [3.05, 3.63) is 46.2 Å². The van der Waals surface area contributed by atoms with Gasteiger partial charge in [0.15, 0.2) is 0 Å². The van der Waals surface area contributed by atoms with Gasteiger partial charge in [-0.3, -0.25) is 4.68 Å². The van der Waals surface area contributed by atoms with Gasteiger partial charge in [-0.2, -0.15) is 5.10 Å². The van der Waals surface area contributed by atoms with E-state index in [9.17, 15) is 0 Å². The first-order valence-electron chi connectivity index (χ1n) is 6.27. The first-order chi connectivity index (χ1) is 9.26. The first-order valence-corrected chi connectivity index (χ1v) is 7.06. The van der Waals surface area contributed by atoms with Crippen molar-refractivity contribution in [1.29, 1.82) is 0 Å². The average molecular weight is 324 g/mol. The molecule has 19 heavy (non-hydrogen) atoms. The van der Waals surface area contributed by atoms with E-state index in [-0.39, 0.29) is 0 Å². The van der Waals surface area contributed by atoms with Crippen molar-refractivity contribution in [2.24, 2.45) is 0 Å². The van der Waals surface area contributed by atoms with Crippen molar-refractivity contribution in [3.63, 3.8) is 0 Å². The predicted octanol–water partition coefficient (Wildman–Crippen LogP) is 3.42. The quantitative estimate of drug-likeness (QED) is 0.885. The van der Waals surface area contributed by atoms with Crippen LogP contribution in [0.1, 0.15) is 18.2 Å². The third kappa shape index (κ3) is 3.36. The summed E-state index contributed by atoms with van der Waals surface area (Å²) in [5.74, 6) is 0. The lowest BCUT2D eigenvalue weighted by Crippen LogP contribution is -2.09. The van der Waals surface area contributed by atoms with Gasteiger partial charge in [-0.05, 0) is 25.1 Å². The largest absolute Gasteiger partial charge is 0.380 e. The monoisotopic (exact) mass is 323 g/mol. The van der Waals surface area contributed by atoms with Crippen LogP contribution >= 0.6 is 15.9 Å². The fraction of sp³-hybridized carbons (Fsp3) is 0.357. The molecule has 0 amide bonds. The lowest BCUT2D eigenvalue weighted by molar-refractivity contribution is 0.185. The molecular formula is C14H18BrN3O. The molecule has 5 heteroatoms. The number of ether oxygens (including phenoxy) is 1. The number of nitrogens with one attached hydrogen (secondary N) is 1. The van der Waals surface area contributed by atoms with E-state index in [1.165, 1.54) is 5.69 Å². The summed E-state index contributed by atoms with van der Waals surface area (Å²) in [4.78, 5) is 0. The highest BCUT2D eigenvalue weighted by Gasteiger charge is 2.07. The molecule has 0 radical (unpaired) electrons. The number of nitrogens with zero attached hydrogens (tertiary/aromatic N) is 2. The minimum atomic E-state index is 0.580. The molecule has 102 valence electrons. The molecule has 0 aliphatic rings. The number of hydrogen-bond acceptors (Lipinski definition) is 3. The lowest BCUT2D eigenvalue weighted by Gasteiger charge is -2.13. The first kappa shape index (κ1) is 14.1. The fourth-order valence-electron chi connectivity index (χ4n) is 2.00.